The van der Waals surface area contributed by atoms with E-state index in [1.54, 1.807) is 18.4 Å². The van der Waals surface area contributed by atoms with Crippen molar-refractivity contribution < 1.29 is 18.0 Å². The second kappa shape index (κ2) is 5.09. The maximum atomic E-state index is 12.7. The molecule has 0 saturated carbocycles. The third-order valence-electron chi connectivity index (χ3n) is 2.64. The number of alkyl halides is 3. The fraction of sp³-hybridized carbons (Fsp3) is 0.154. The van der Waals surface area contributed by atoms with E-state index in [9.17, 15) is 18.0 Å². The summed E-state index contributed by atoms with van der Waals surface area (Å²) in [4.78, 5) is 13.0. The lowest BCUT2D eigenvalue weighted by Crippen LogP contribution is -2.09. The van der Waals surface area contributed by atoms with Gasteiger partial charge in [-0.2, -0.15) is 13.2 Å². The van der Waals surface area contributed by atoms with Crippen LogP contribution in [0.5, 0.6) is 0 Å². The maximum Gasteiger partial charge on any atom is 0.416 e. The van der Waals surface area contributed by atoms with Crippen LogP contribution < -0.4 is 0 Å². The first-order chi connectivity index (χ1) is 8.80. The normalized spacial score (nSPS) is 11.6. The lowest BCUT2D eigenvalue weighted by atomic mass is 10.0. The van der Waals surface area contributed by atoms with Crippen LogP contribution in [0.1, 0.15) is 26.4 Å². The topological polar surface area (TPSA) is 17.1 Å². The molecule has 0 unspecified atom stereocenters. The molecule has 0 fully saturated rings. The molecule has 100 valence electrons. The Labute approximate surface area is 120 Å². The first-order valence-electron chi connectivity index (χ1n) is 5.26. The van der Waals surface area contributed by atoms with E-state index in [2.05, 4.69) is 15.9 Å². The Morgan fingerprint density at radius 1 is 1.21 bits per heavy atom. The van der Waals surface area contributed by atoms with Crippen molar-refractivity contribution in [2.45, 2.75) is 13.1 Å². The van der Waals surface area contributed by atoms with Crippen molar-refractivity contribution in [3.8, 4) is 0 Å². The Morgan fingerprint density at radius 2 is 1.89 bits per heavy atom. The average molecular weight is 349 g/mol. The van der Waals surface area contributed by atoms with Crippen LogP contribution in [0.2, 0.25) is 0 Å². The van der Waals surface area contributed by atoms with Gasteiger partial charge in [-0.1, -0.05) is 15.9 Å². The summed E-state index contributed by atoms with van der Waals surface area (Å²) >= 11 is 4.51. The summed E-state index contributed by atoms with van der Waals surface area (Å²) in [5, 5.41) is 1.74. The number of ketones is 1. The summed E-state index contributed by atoms with van der Waals surface area (Å²) in [5.41, 5.74) is -0.367. The van der Waals surface area contributed by atoms with E-state index in [0.29, 0.717) is 10.0 Å². The van der Waals surface area contributed by atoms with Crippen molar-refractivity contribution >= 4 is 33.0 Å². The number of hydrogen-bond donors (Lipinski definition) is 0. The van der Waals surface area contributed by atoms with Gasteiger partial charge in [0.05, 0.1) is 5.56 Å². The minimum absolute atomic E-state index is 0.0244. The zero-order valence-corrected chi connectivity index (χ0v) is 12.1. The maximum absolute atomic E-state index is 12.7. The molecule has 0 amide bonds. The summed E-state index contributed by atoms with van der Waals surface area (Å²) in [5.74, 6) is -0.406. The van der Waals surface area contributed by atoms with Crippen LogP contribution in [0.25, 0.3) is 0 Å². The Bertz CT molecular complexity index is 631. The number of benzene rings is 1. The fourth-order valence-corrected chi connectivity index (χ4v) is 2.76. The Balaban J connectivity index is 2.51. The van der Waals surface area contributed by atoms with Crippen LogP contribution in [-0.2, 0) is 6.18 Å². The van der Waals surface area contributed by atoms with Crippen LogP contribution in [0.3, 0.4) is 0 Å². The molecule has 0 saturated heterocycles. The van der Waals surface area contributed by atoms with E-state index in [4.69, 9.17) is 0 Å². The minimum Gasteiger partial charge on any atom is -0.289 e. The third kappa shape index (κ3) is 2.90. The highest BCUT2D eigenvalue weighted by atomic mass is 79.9. The smallest absolute Gasteiger partial charge is 0.289 e. The zero-order valence-electron chi connectivity index (χ0n) is 9.72. The van der Waals surface area contributed by atoms with E-state index >= 15 is 0 Å². The van der Waals surface area contributed by atoms with E-state index < -0.39 is 17.5 Å². The van der Waals surface area contributed by atoms with Gasteiger partial charge in [-0.05, 0) is 36.6 Å². The molecule has 19 heavy (non-hydrogen) atoms. The number of rotatable bonds is 2. The third-order valence-corrected chi connectivity index (χ3v) is 4.18. The molecule has 2 aromatic rings. The molecular formula is C13H8BrF3OS. The largest absolute Gasteiger partial charge is 0.416 e. The number of halogens is 4. The van der Waals surface area contributed by atoms with Crippen molar-refractivity contribution in [1.29, 1.82) is 0 Å². The predicted molar refractivity (Wildman–Crippen MR) is 71.6 cm³/mol. The highest BCUT2D eigenvalue weighted by Gasteiger charge is 2.31. The van der Waals surface area contributed by atoms with Gasteiger partial charge in [0.2, 0.25) is 0 Å². The summed E-state index contributed by atoms with van der Waals surface area (Å²) in [7, 11) is 0. The molecule has 1 aromatic heterocycles. The number of thiophene rings is 1. The second-order valence-corrected chi connectivity index (χ2v) is 5.89. The van der Waals surface area contributed by atoms with E-state index in [1.807, 2.05) is 0 Å². The molecule has 0 aliphatic heterocycles. The minimum atomic E-state index is -4.46. The van der Waals surface area contributed by atoms with Gasteiger partial charge < -0.3 is 0 Å². The van der Waals surface area contributed by atoms with Gasteiger partial charge >= 0.3 is 6.18 Å². The van der Waals surface area contributed by atoms with Crippen LogP contribution in [0, 0.1) is 6.92 Å². The zero-order chi connectivity index (χ0) is 14.2. The second-order valence-electron chi connectivity index (χ2n) is 3.91. The molecule has 0 atom stereocenters. The van der Waals surface area contributed by atoms with E-state index in [0.717, 1.165) is 17.0 Å². The quantitative estimate of drug-likeness (QED) is 0.692. The summed E-state index contributed by atoms with van der Waals surface area (Å²) in [6, 6.07) is 4.69. The van der Waals surface area contributed by atoms with Crippen molar-refractivity contribution in [3.63, 3.8) is 0 Å². The summed E-state index contributed by atoms with van der Waals surface area (Å²) < 4.78 is 38.3. The van der Waals surface area contributed by atoms with Crippen LogP contribution in [0.4, 0.5) is 13.2 Å². The van der Waals surface area contributed by atoms with Gasteiger partial charge in [0.1, 0.15) is 0 Å². The van der Waals surface area contributed by atoms with Gasteiger partial charge in [0.25, 0.3) is 0 Å². The number of hydrogen-bond acceptors (Lipinski definition) is 2. The first-order valence-corrected chi connectivity index (χ1v) is 6.93. The van der Waals surface area contributed by atoms with E-state index in [-0.39, 0.29) is 5.56 Å². The van der Waals surface area contributed by atoms with Crippen LogP contribution in [-0.4, -0.2) is 5.78 Å². The van der Waals surface area contributed by atoms with Gasteiger partial charge in [-0.15, -0.1) is 11.3 Å². The van der Waals surface area contributed by atoms with Crippen molar-refractivity contribution in [3.05, 3.63) is 55.7 Å². The molecule has 1 nitrogen and oxygen atoms in total. The van der Waals surface area contributed by atoms with E-state index in [1.165, 1.54) is 17.4 Å². The number of aryl methyl sites for hydroxylation is 1. The molecule has 0 aliphatic carbocycles. The number of carbonyl (C=O) groups excluding carboxylic acids is 1. The van der Waals surface area contributed by atoms with Gasteiger partial charge in [0, 0.05) is 20.5 Å². The van der Waals surface area contributed by atoms with Crippen molar-refractivity contribution in [1.82, 2.24) is 0 Å². The molecule has 2 rings (SSSR count). The molecule has 0 bridgehead atoms. The van der Waals surface area contributed by atoms with Crippen molar-refractivity contribution in [2.24, 2.45) is 0 Å². The molecule has 1 aromatic carbocycles. The fourth-order valence-electron chi connectivity index (χ4n) is 1.64. The first kappa shape index (κ1) is 14.3. The predicted octanol–water partition coefficient (Wildman–Crippen LogP) is 5.07. The van der Waals surface area contributed by atoms with Gasteiger partial charge in [0.15, 0.2) is 5.78 Å². The molecule has 0 radical (unpaired) electrons. The highest BCUT2D eigenvalue weighted by molar-refractivity contribution is 9.10. The molecule has 0 aliphatic rings. The Hall–Kier alpha value is -1.14. The van der Waals surface area contributed by atoms with Gasteiger partial charge in [-0.25, -0.2) is 0 Å². The van der Waals surface area contributed by atoms with Crippen molar-refractivity contribution in [2.75, 3.05) is 0 Å². The summed E-state index contributed by atoms with van der Waals surface area (Å²) in [6.45, 7) is 1.76. The van der Waals surface area contributed by atoms with Crippen LogP contribution >= 0.6 is 27.3 Å². The van der Waals surface area contributed by atoms with Crippen LogP contribution in [0.15, 0.2) is 34.1 Å². The molecule has 0 N–H and O–H groups in total. The standard InChI is InChI=1S/C13H8BrF3OS/c1-7-9(4-5-19-7)12(18)10-6-8(13(15,16)17)2-3-11(10)14/h2-6H,1H3. The molecule has 1 heterocycles. The monoisotopic (exact) mass is 348 g/mol. The molecule has 6 heteroatoms. The highest BCUT2D eigenvalue weighted by Crippen LogP contribution is 2.33. The Kier molecular flexibility index (Phi) is 3.82. The molecular weight excluding hydrogens is 341 g/mol. The summed E-state index contributed by atoms with van der Waals surface area (Å²) in [6.07, 6.45) is -4.46. The van der Waals surface area contributed by atoms with Gasteiger partial charge in [-0.3, -0.25) is 4.79 Å². The average Bonchev–Trinajstić information content (AvgIpc) is 2.73. The number of carbonyl (C=O) groups is 1. The lowest BCUT2D eigenvalue weighted by molar-refractivity contribution is -0.137. The molecule has 0 spiro atoms. The Morgan fingerprint density at radius 3 is 2.42 bits per heavy atom. The SMILES string of the molecule is Cc1sccc1C(=O)c1cc(C(F)(F)F)ccc1Br. The lowest BCUT2D eigenvalue weighted by Gasteiger charge is -2.10.